The van der Waals surface area contributed by atoms with E-state index in [1.54, 1.807) is 25.1 Å². The minimum Gasteiger partial charge on any atom is -0.465 e. The number of rotatable bonds is 7. The molecule has 0 aliphatic rings. The Balaban J connectivity index is 1.89. The highest BCUT2D eigenvalue weighted by Crippen LogP contribution is 2.20. The van der Waals surface area contributed by atoms with E-state index in [9.17, 15) is 19.5 Å². The Hall–Kier alpha value is -3.76. The van der Waals surface area contributed by atoms with Gasteiger partial charge in [-0.3, -0.25) is 9.59 Å². The number of hydrogen-bond acceptors (Lipinski definition) is 8. The average Bonchev–Trinajstić information content (AvgIpc) is 2.76. The van der Waals surface area contributed by atoms with Crippen LogP contribution in [0.2, 0.25) is 0 Å². The van der Waals surface area contributed by atoms with Gasteiger partial charge >= 0.3 is 5.97 Å². The smallest absolute Gasteiger partial charge is 0.339 e. The second-order valence-corrected chi connectivity index (χ2v) is 6.88. The Labute approximate surface area is 176 Å². The zero-order valence-corrected chi connectivity index (χ0v) is 16.9. The molecule has 1 unspecified atom stereocenters. The molecule has 0 aliphatic heterocycles. The van der Waals surface area contributed by atoms with Crippen LogP contribution in [0.4, 0.5) is 11.5 Å². The van der Waals surface area contributed by atoms with Crippen LogP contribution >= 0.6 is 0 Å². The number of fused-ring (bicyclic) bond motifs is 1. The molecule has 0 bridgehead atoms. The van der Waals surface area contributed by atoms with Gasteiger partial charge < -0.3 is 30.6 Å². The number of aromatic amines is 1. The number of amides is 1. The second kappa shape index (κ2) is 9.37. The summed E-state index contributed by atoms with van der Waals surface area (Å²) in [6.45, 7) is 1.49. The SMILES string of the molecule is COC(=O)c1ccc(C)cc1NC(=O)c1cc2cnc(NCC(O)CO)cc2[nH]c1=O. The first kappa shape index (κ1) is 21.9. The fourth-order valence-electron chi connectivity index (χ4n) is 2.89. The van der Waals surface area contributed by atoms with Crippen LogP contribution in [-0.4, -0.2) is 58.4 Å². The molecule has 3 rings (SSSR count). The Kier molecular flexibility index (Phi) is 6.63. The van der Waals surface area contributed by atoms with Crippen molar-refractivity contribution < 1.29 is 24.5 Å². The van der Waals surface area contributed by atoms with Gasteiger partial charge in [0.25, 0.3) is 11.5 Å². The maximum absolute atomic E-state index is 12.8. The number of aromatic nitrogens is 2. The van der Waals surface area contributed by atoms with Gasteiger partial charge in [0, 0.05) is 24.2 Å². The van der Waals surface area contributed by atoms with Crippen LogP contribution in [0.3, 0.4) is 0 Å². The molecule has 3 aromatic rings. The van der Waals surface area contributed by atoms with Crippen molar-refractivity contribution in [1.29, 1.82) is 0 Å². The third-order valence-electron chi connectivity index (χ3n) is 4.53. The molecule has 2 aromatic heterocycles. The number of carbonyl (C=O) groups excluding carboxylic acids is 2. The summed E-state index contributed by atoms with van der Waals surface area (Å²) in [7, 11) is 1.24. The summed E-state index contributed by atoms with van der Waals surface area (Å²) >= 11 is 0. The standard InChI is InChI=1S/C21H22N4O6/c1-11-3-4-14(21(30)31-2)17(5-11)25-20(29)15-6-12-8-22-18(23-9-13(27)10-26)7-16(12)24-19(15)28/h3-8,13,26-27H,9-10H2,1-2H3,(H,22,23)(H,24,28)(H,25,29). The Morgan fingerprint density at radius 2 is 2.00 bits per heavy atom. The van der Waals surface area contributed by atoms with E-state index in [1.807, 2.05) is 0 Å². The zero-order valence-electron chi connectivity index (χ0n) is 16.9. The van der Waals surface area contributed by atoms with Crippen molar-refractivity contribution in [1.82, 2.24) is 9.97 Å². The summed E-state index contributed by atoms with van der Waals surface area (Å²) < 4.78 is 4.74. The number of pyridine rings is 2. The highest BCUT2D eigenvalue weighted by molar-refractivity contribution is 6.09. The fourth-order valence-corrected chi connectivity index (χ4v) is 2.89. The van der Waals surface area contributed by atoms with E-state index in [-0.39, 0.29) is 23.4 Å². The number of anilines is 2. The van der Waals surface area contributed by atoms with Gasteiger partial charge in [0.05, 0.1) is 36.6 Å². The fraction of sp³-hybridized carbons (Fsp3) is 0.238. The van der Waals surface area contributed by atoms with Gasteiger partial charge in [0.1, 0.15) is 11.4 Å². The molecule has 162 valence electrons. The maximum Gasteiger partial charge on any atom is 0.339 e. The van der Waals surface area contributed by atoms with Crippen LogP contribution in [0, 0.1) is 6.92 Å². The summed E-state index contributed by atoms with van der Waals surface area (Å²) in [5.41, 5.74) is 0.875. The van der Waals surface area contributed by atoms with Crippen molar-refractivity contribution >= 4 is 34.3 Å². The molecule has 0 fully saturated rings. The van der Waals surface area contributed by atoms with Crippen LogP contribution in [0.1, 0.15) is 26.3 Å². The first-order valence-corrected chi connectivity index (χ1v) is 9.38. The first-order valence-electron chi connectivity index (χ1n) is 9.38. The van der Waals surface area contributed by atoms with Crippen molar-refractivity contribution in [3.8, 4) is 0 Å². The lowest BCUT2D eigenvalue weighted by atomic mass is 10.1. The van der Waals surface area contributed by atoms with Gasteiger partial charge in [-0.25, -0.2) is 9.78 Å². The van der Waals surface area contributed by atoms with Crippen LogP contribution in [0.5, 0.6) is 0 Å². The van der Waals surface area contributed by atoms with Crippen LogP contribution in [0.15, 0.2) is 41.3 Å². The van der Waals surface area contributed by atoms with Gasteiger partial charge in [-0.2, -0.15) is 0 Å². The Bertz CT molecular complexity index is 1190. The number of methoxy groups -OCH3 is 1. The van der Waals surface area contributed by atoms with E-state index >= 15 is 0 Å². The van der Waals surface area contributed by atoms with Crippen LogP contribution in [-0.2, 0) is 4.74 Å². The number of hydrogen-bond donors (Lipinski definition) is 5. The van der Waals surface area contributed by atoms with Gasteiger partial charge in [-0.15, -0.1) is 0 Å². The number of benzene rings is 1. The summed E-state index contributed by atoms with van der Waals surface area (Å²) in [6.07, 6.45) is 0.515. The third kappa shape index (κ3) is 5.05. The molecule has 10 nitrogen and oxygen atoms in total. The molecule has 5 N–H and O–H groups in total. The molecule has 0 saturated heterocycles. The number of H-pyrrole nitrogens is 1. The van der Waals surface area contributed by atoms with Gasteiger partial charge in [-0.05, 0) is 30.7 Å². The number of nitrogens with one attached hydrogen (secondary N) is 3. The molecule has 0 aliphatic carbocycles. The molecule has 0 spiro atoms. The van der Waals surface area contributed by atoms with E-state index in [2.05, 4.69) is 20.6 Å². The molecule has 31 heavy (non-hydrogen) atoms. The summed E-state index contributed by atoms with van der Waals surface area (Å²) in [6, 6.07) is 7.81. The first-order chi connectivity index (χ1) is 14.8. The molecular weight excluding hydrogens is 404 g/mol. The maximum atomic E-state index is 12.8. The third-order valence-corrected chi connectivity index (χ3v) is 4.53. The predicted octanol–water partition coefficient (Wildman–Crippen LogP) is 1.04. The number of aliphatic hydroxyl groups excluding tert-OH is 2. The van der Waals surface area contributed by atoms with Crippen molar-refractivity contribution in [3.63, 3.8) is 0 Å². The van der Waals surface area contributed by atoms with Crippen molar-refractivity contribution in [3.05, 3.63) is 63.6 Å². The topological polar surface area (TPSA) is 154 Å². The quantitative estimate of drug-likeness (QED) is 0.351. The van der Waals surface area contributed by atoms with Gasteiger partial charge in [0.15, 0.2) is 0 Å². The summed E-state index contributed by atoms with van der Waals surface area (Å²) in [5.74, 6) is -0.916. The van der Waals surface area contributed by atoms with Crippen LogP contribution in [0.25, 0.3) is 10.9 Å². The normalized spacial score (nSPS) is 11.7. The second-order valence-electron chi connectivity index (χ2n) is 6.88. The number of aliphatic hydroxyl groups is 2. The molecule has 0 radical (unpaired) electrons. The highest BCUT2D eigenvalue weighted by Gasteiger charge is 2.18. The molecule has 2 heterocycles. The Morgan fingerprint density at radius 3 is 2.71 bits per heavy atom. The van der Waals surface area contributed by atoms with E-state index in [1.165, 1.54) is 25.4 Å². The van der Waals surface area contributed by atoms with Gasteiger partial charge in [0.2, 0.25) is 0 Å². The molecule has 0 saturated carbocycles. The van der Waals surface area contributed by atoms with Crippen LogP contribution < -0.4 is 16.2 Å². The average molecular weight is 426 g/mol. The van der Waals surface area contributed by atoms with E-state index < -0.39 is 30.1 Å². The largest absolute Gasteiger partial charge is 0.465 e. The lowest BCUT2D eigenvalue weighted by Crippen LogP contribution is -2.24. The molecule has 1 atom stereocenters. The molecular formula is C21H22N4O6. The summed E-state index contributed by atoms with van der Waals surface area (Å²) in [5, 5.41) is 24.2. The molecule has 1 amide bonds. The van der Waals surface area contributed by atoms with Crippen molar-refractivity contribution in [2.24, 2.45) is 0 Å². The van der Waals surface area contributed by atoms with Crippen molar-refractivity contribution in [2.75, 3.05) is 30.9 Å². The highest BCUT2D eigenvalue weighted by atomic mass is 16.5. The minimum atomic E-state index is -0.945. The van der Waals surface area contributed by atoms with Gasteiger partial charge in [-0.1, -0.05) is 6.07 Å². The summed E-state index contributed by atoms with van der Waals surface area (Å²) in [4.78, 5) is 44.0. The van der Waals surface area contributed by atoms with E-state index in [4.69, 9.17) is 9.84 Å². The monoisotopic (exact) mass is 426 g/mol. The van der Waals surface area contributed by atoms with E-state index in [0.717, 1.165) is 5.56 Å². The number of ether oxygens (including phenoxy) is 1. The number of esters is 1. The zero-order chi connectivity index (χ0) is 22.5. The van der Waals surface area contributed by atoms with Crippen molar-refractivity contribution in [2.45, 2.75) is 13.0 Å². The number of nitrogens with zero attached hydrogens (tertiary/aromatic N) is 1. The molecule has 10 heteroatoms. The lowest BCUT2D eigenvalue weighted by molar-refractivity contribution is 0.0602. The number of aryl methyl sites for hydroxylation is 1. The Morgan fingerprint density at radius 1 is 1.23 bits per heavy atom. The predicted molar refractivity (Wildman–Crippen MR) is 114 cm³/mol. The minimum absolute atomic E-state index is 0.0821. The number of carbonyl (C=O) groups is 2. The molecule has 1 aromatic carbocycles. The van der Waals surface area contributed by atoms with E-state index in [0.29, 0.717) is 16.7 Å². The lowest BCUT2D eigenvalue weighted by Gasteiger charge is -2.12.